The van der Waals surface area contributed by atoms with Crippen molar-refractivity contribution in [2.75, 3.05) is 25.1 Å². The number of pyridine rings is 1. The van der Waals surface area contributed by atoms with Crippen molar-refractivity contribution in [1.29, 1.82) is 0 Å². The molecule has 1 aromatic heterocycles. The van der Waals surface area contributed by atoms with Gasteiger partial charge in [0.2, 0.25) is 0 Å². The van der Waals surface area contributed by atoms with Crippen molar-refractivity contribution in [3.63, 3.8) is 0 Å². The molecule has 0 amide bonds. The van der Waals surface area contributed by atoms with Gasteiger partial charge in [-0.3, -0.25) is 4.79 Å². The number of carbonyl (C=O) groups is 2. The molecular weight excluding hydrogens is 236 g/mol. The van der Waals surface area contributed by atoms with E-state index in [1.165, 1.54) is 0 Å². The molecule has 0 spiro atoms. The fourth-order valence-corrected chi connectivity index (χ4v) is 1.44. The third-order valence-electron chi connectivity index (χ3n) is 2.30. The zero-order chi connectivity index (χ0) is 13.5. The number of aromatic nitrogens is 1. The lowest BCUT2D eigenvalue weighted by Crippen LogP contribution is -2.24. The monoisotopic (exact) mass is 252 g/mol. The zero-order valence-electron chi connectivity index (χ0n) is 10.4. The maximum absolute atomic E-state index is 11.7. The lowest BCUT2D eigenvalue weighted by atomic mass is 10.2. The smallest absolute Gasteiger partial charge is 0.341 e. The van der Waals surface area contributed by atoms with Crippen LogP contribution in [-0.2, 0) is 9.53 Å². The quantitative estimate of drug-likeness (QED) is 0.765. The molecule has 0 aliphatic heterocycles. The van der Waals surface area contributed by atoms with Crippen LogP contribution in [0.4, 0.5) is 5.82 Å². The summed E-state index contributed by atoms with van der Waals surface area (Å²) in [5.74, 6) is -0.921. The van der Waals surface area contributed by atoms with Crippen LogP contribution in [-0.4, -0.2) is 42.2 Å². The van der Waals surface area contributed by atoms with E-state index < -0.39 is 11.9 Å². The molecule has 0 aliphatic rings. The van der Waals surface area contributed by atoms with Gasteiger partial charge in [0.1, 0.15) is 11.4 Å². The minimum atomic E-state index is -0.893. The van der Waals surface area contributed by atoms with E-state index in [0.29, 0.717) is 11.4 Å². The Labute approximate surface area is 105 Å². The molecule has 0 bridgehead atoms. The summed E-state index contributed by atoms with van der Waals surface area (Å²) in [6, 6.07) is 3.25. The topological polar surface area (TPSA) is 79.7 Å². The molecule has 0 fully saturated rings. The third kappa shape index (κ3) is 3.73. The van der Waals surface area contributed by atoms with Gasteiger partial charge in [-0.05, 0) is 19.1 Å². The van der Waals surface area contributed by atoms with E-state index in [4.69, 9.17) is 9.84 Å². The number of ether oxygens (including phenoxy) is 1. The first kappa shape index (κ1) is 14.0. The molecule has 1 heterocycles. The van der Waals surface area contributed by atoms with E-state index >= 15 is 0 Å². The van der Waals surface area contributed by atoms with Crippen LogP contribution in [0.5, 0.6) is 0 Å². The molecule has 6 heteroatoms. The molecule has 6 nitrogen and oxygen atoms in total. The molecule has 0 saturated carbocycles. The first-order chi connectivity index (χ1) is 8.56. The van der Waals surface area contributed by atoms with E-state index in [9.17, 15) is 9.59 Å². The average Bonchev–Trinajstić information content (AvgIpc) is 2.36. The summed E-state index contributed by atoms with van der Waals surface area (Å²) in [6.45, 7) is 2.28. The van der Waals surface area contributed by atoms with Gasteiger partial charge >= 0.3 is 11.9 Å². The fourth-order valence-electron chi connectivity index (χ4n) is 1.44. The third-order valence-corrected chi connectivity index (χ3v) is 2.30. The molecular formula is C12H16N2O4. The van der Waals surface area contributed by atoms with Crippen LogP contribution in [0.1, 0.15) is 23.7 Å². The highest BCUT2D eigenvalue weighted by Crippen LogP contribution is 2.17. The molecule has 0 radical (unpaired) electrons. The minimum Gasteiger partial charge on any atom is -0.481 e. The number of rotatable bonds is 6. The van der Waals surface area contributed by atoms with Crippen LogP contribution in [0, 0.1) is 0 Å². The van der Waals surface area contributed by atoms with Crippen molar-refractivity contribution in [3.05, 3.63) is 23.9 Å². The Bertz CT molecular complexity index is 434. The van der Waals surface area contributed by atoms with Gasteiger partial charge in [0.05, 0.1) is 13.0 Å². The molecule has 18 heavy (non-hydrogen) atoms. The Morgan fingerprint density at radius 2 is 2.22 bits per heavy atom. The number of aliphatic carboxylic acids is 1. The molecule has 1 rings (SSSR count). The van der Waals surface area contributed by atoms with Gasteiger partial charge in [0.25, 0.3) is 0 Å². The number of anilines is 1. The van der Waals surface area contributed by atoms with Gasteiger partial charge in [-0.25, -0.2) is 9.78 Å². The molecule has 0 aliphatic carbocycles. The molecule has 0 unspecified atom stereocenters. The summed E-state index contributed by atoms with van der Waals surface area (Å²) >= 11 is 0. The second-order valence-electron chi connectivity index (χ2n) is 3.66. The Morgan fingerprint density at radius 3 is 2.83 bits per heavy atom. The van der Waals surface area contributed by atoms with Crippen molar-refractivity contribution in [2.24, 2.45) is 0 Å². The number of carboxylic acids is 1. The van der Waals surface area contributed by atoms with E-state index in [1.54, 1.807) is 37.2 Å². The summed E-state index contributed by atoms with van der Waals surface area (Å²) < 4.78 is 4.92. The fraction of sp³-hybridized carbons (Fsp3) is 0.417. The Morgan fingerprint density at radius 1 is 1.50 bits per heavy atom. The molecule has 0 atom stereocenters. The SMILES string of the molecule is CCOC(=O)c1cccnc1N(C)CCC(=O)O. The van der Waals surface area contributed by atoms with Crippen LogP contribution in [0.2, 0.25) is 0 Å². The lowest BCUT2D eigenvalue weighted by Gasteiger charge is -2.19. The maximum Gasteiger partial charge on any atom is 0.341 e. The second kappa shape index (κ2) is 6.58. The van der Waals surface area contributed by atoms with Gasteiger partial charge < -0.3 is 14.7 Å². The highest BCUT2D eigenvalue weighted by Gasteiger charge is 2.16. The number of carboxylic acid groups (broad SMARTS) is 1. The van der Waals surface area contributed by atoms with Crippen molar-refractivity contribution in [1.82, 2.24) is 4.98 Å². The summed E-state index contributed by atoms with van der Waals surface area (Å²) in [5.41, 5.74) is 0.340. The van der Waals surface area contributed by atoms with E-state index in [-0.39, 0.29) is 19.6 Å². The Hall–Kier alpha value is -2.11. The predicted octanol–water partition coefficient (Wildman–Crippen LogP) is 1.17. The molecule has 0 aromatic carbocycles. The van der Waals surface area contributed by atoms with Crippen molar-refractivity contribution in [3.8, 4) is 0 Å². The summed E-state index contributed by atoms with van der Waals surface area (Å²) in [4.78, 5) is 27.9. The largest absolute Gasteiger partial charge is 0.481 e. The van der Waals surface area contributed by atoms with Gasteiger partial charge in [-0.2, -0.15) is 0 Å². The number of carbonyl (C=O) groups excluding carboxylic acids is 1. The first-order valence-electron chi connectivity index (χ1n) is 5.61. The Balaban J connectivity index is 2.87. The van der Waals surface area contributed by atoms with E-state index in [0.717, 1.165) is 0 Å². The normalized spacial score (nSPS) is 9.89. The summed E-state index contributed by atoms with van der Waals surface area (Å²) in [5, 5.41) is 8.63. The van der Waals surface area contributed by atoms with Crippen molar-refractivity contribution < 1.29 is 19.4 Å². The van der Waals surface area contributed by atoms with Gasteiger partial charge in [0, 0.05) is 19.8 Å². The highest BCUT2D eigenvalue weighted by atomic mass is 16.5. The number of nitrogens with zero attached hydrogens (tertiary/aromatic N) is 2. The standard InChI is InChI=1S/C12H16N2O4/c1-3-18-12(17)9-5-4-7-13-11(9)14(2)8-6-10(15)16/h4-5,7H,3,6,8H2,1-2H3,(H,15,16). The second-order valence-corrected chi connectivity index (χ2v) is 3.66. The van der Waals surface area contributed by atoms with Crippen LogP contribution >= 0.6 is 0 Å². The lowest BCUT2D eigenvalue weighted by molar-refractivity contribution is -0.136. The van der Waals surface area contributed by atoms with E-state index in [2.05, 4.69) is 4.98 Å². The van der Waals surface area contributed by atoms with Gasteiger partial charge in [-0.15, -0.1) is 0 Å². The predicted molar refractivity (Wildman–Crippen MR) is 65.7 cm³/mol. The summed E-state index contributed by atoms with van der Waals surface area (Å²) in [7, 11) is 1.69. The molecule has 1 N–H and O–H groups in total. The van der Waals surface area contributed by atoms with E-state index in [1.807, 2.05) is 0 Å². The first-order valence-corrected chi connectivity index (χ1v) is 5.61. The van der Waals surface area contributed by atoms with Crippen molar-refractivity contribution in [2.45, 2.75) is 13.3 Å². The number of esters is 1. The number of hydrogen-bond acceptors (Lipinski definition) is 5. The molecule has 98 valence electrons. The summed E-state index contributed by atoms with van der Waals surface area (Å²) in [6.07, 6.45) is 1.53. The number of hydrogen-bond donors (Lipinski definition) is 1. The minimum absolute atomic E-state index is 0.0185. The Kier molecular flexibility index (Phi) is 5.10. The van der Waals surface area contributed by atoms with Crippen molar-refractivity contribution >= 4 is 17.8 Å². The zero-order valence-corrected chi connectivity index (χ0v) is 10.4. The molecule has 1 aromatic rings. The molecule has 0 saturated heterocycles. The highest BCUT2D eigenvalue weighted by molar-refractivity contribution is 5.94. The van der Waals surface area contributed by atoms with Gasteiger partial charge in [0.15, 0.2) is 0 Å². The van der Waals surface area contributed by atoms with Crippen LogP contribution in [0.3, 0.4) is 0 Å². The van der Waals surface area contributed by atoms with Crippen LogP contribution < -0.4 is 4.90 Å². The maximum atomic E-state index is 11.7. The van der Waals surface area contributed by atoms with Crippen LogP contribution in [0.25, 0.3) is 0 Å². The average molecular weight is 252 g/mol. The van der Waals surface area contributed by atoms with Crippen LogP contribution in [0.15, 0.2) is 18.3 Å². The van der Waals surface area contributed by atoms with Gasteiger partial charge in [-0.1, -0.05) is 0 Å².